The summed E-state index contributed by atoms with van der Waals surface area (Å²) in [6.45, 7) is 3.40. The van der Waals surface area contributed by atoms with Crippen molar-refractivity contribution in [3.63, 3.8) is 0 Å². The van der Waals surface area contributed by atoms with Gasteiger partial charge < -0.3 is 10.5 Å². The Labute approximate surface area is 104 Å². The van der Waals surface area contributed by atoms with Crippen LogP contribution < -0.4 is 15.9 Å². The van der Waals surface area contributed by atoms with Crippen LogP contribution in [0.5, 0.6) is 5.75 Å². The van der Waals surface area contributed by atoms with Gasteiger partial charge in [0.25, 0.3) is 0 Å². The molecule has 0 aliphatic heterocycles. The van der Waals surface area contributed by atoms with Crippen molar-refractivity contribution in [2.45, 2.75) is 19.4 Å². The van der Waals surface area contributed by atoms with Gasteiger partial charge in [-0.1, -0.05) is 19.1 Å². The minimum atomic E-state index is 0.121. The lowest BCUT2D eigenvalue weighted by molar-refractivity contribution is 0.245. The van der Waals surface area contributed by atoms with Crippen molar-refractivity contribution in [2.75, 3.05) is 27.2 Å². The number of rotatable bonds is 7. The lowest BCUT2D eigenvalue weighted by Gasteiger charge is -2.22. The molecule has 1 unspecified atom stereocenters. The van der Waals surface area contributed by atoms with E-state index in [9.17, 15) is 0 Å². The first-order valence-electron chi connectivity index (χ1n) is 6.03. The number of nitrogens with two attached hydrogens (primary N) is 1. The molecule has 0 amide bonds. The van der Waals surface area contributed by atoms with E-state index in [-0.39, 0.29) is 6.04 Å². The summed E-state index contributed by atoms with van der Waals surface area (Å²) in [7, 11) is 3.92. The van der Waals surface area contributed by atoms with Gasteiger partial charge in [0.2, 0.25) is 0 Å². The first kappa shape index (κ1) is 14.0. The summed E-state index contributed by atoms with van der Waals surface area (Å²) in [4.78, 5) is 0. The van der Waals surface area contributed by atoms with Crippen LogP contribution in [-0.2, 0) is 0 Å². The number of hydrazine groups is 1. The van der Waals surface area contributed by atoms with Crippen LogP contribution in [0.2, 0.25) is 0 Å². The summed E-state index contributed by atoms with van der Waals surface area (Å²) in [6.07, 6.45) is 1.01. The lowest BCUT2D eigenvalue weighted by atomic mass is 10.1. The molecule has 0 aliphatic carbocycles. The molecule has 1 atom stereocenters. The first-order valence-corrected chi connectivity index (χ1v) is 6.03. The van der Waals surface area contributed by atoms with Crippen LogP contribution >= 0.6 is 0 Å². The fourth-order valence-electron chi connectivity index (χ4n) is 1.62. The number of hydrogen-bond donors (Lipinski definition) is 2. The zero-order chi connectivity index (χ0) is 12.7. The SMILES string of the molecule is CCCOc1cccc(C(CN)NN(C)C)c1. The van der Waals surface area contributed by atoms with Crippen LogP contribution in [0.15, 0.2) is 24.3 Å². The van der Waals surface area contributed by atoms with Crippen molar-refractivity contribution in [1.29, 1.82) is 0 Å². The molecule has 0 spiro atoms. The number of ether oxygens (including phenoxy) is 1. The van der Waals surface area contributed by atoms with E-state index in [0.29, 0.717) is 6.54 Å². The fraction of sp³-hybridized carbons (Fsp3) is 0.538. The molecule has 0 aromatic heterocycles. The normalized spacial score (nSPS) is 12.8. The third kappa shape index (κ3) is 4.73. The highest BCUT2D eigenvalue weighted by Crippen LogP contribution is 2.19. The quantitative estimate of drug-likeness (QED) is 0.706. The third-order valence-electron chi connectivity index (χ3n) is 2.38. The topological polar surface area (TPSA) is 50.5 Å². The van der Waals surface area contributed by atoms with E-state index in [1.54, 1.807) is 0 Å². The Balaban J connectivity index is 2.73. The highest BCUT2D eigenvalue weighted by atomic mass is 16.5. The smallest absolute Gasteiger partial charge is 0.119 e. The van der Waals surface area contributed by atoms with Gasteiger partial charge in [0.15, 0.2) is 0 Å². The predicted molar refractivity (Wildman–Crippen MR) is 70.8 cm³/mol. The monoisotopic (exact) mass is 237 g/mol. The van der Waals surface area contributed by atoms with Gasteiger partial charge >= 0.3 is 0 Å². The van der Waals surface area contributed by atoms with Crippen LogP contribution in [0.3, 0.4) is 0 Å². The molecular formula is C13H23N3O. The summed E-state index contributed by atoms with van der Waals surface area (Å²) in [5.41, 5.74) is 10.2. The number of nitrogens with one attached hydrogen (secondary N) is 1. The average Bonchev–Trinajstić information content (AvgIpc) is 2.33. The summed E-state index contributed by atoms with van der Waals surface area (Å²) in [5, 5.41) is 1.91. The third-order valence-corrected chi connectivity index (χ3v) is 2.38. The molecule has 0 heterocycles. The van der Waals surface area contributed by atoms with Crippen molar-refractivity contribution in [1.82, 2.24) is 10.4 Å². The van der Waals surface area contributed by atoms with Crippen LogP contribution in [0, 0.1) is 0 Å². The van der Waals surface area contributed by atoms with E-state index in [1.807, 2.05) is 37.3 Å². The Morgan fingerprint density at radius 1 is 1.41 bits per heavy atom. The Bertz CT molecular complexity index is 328. The van der Waals surface area contributed by atoms with Crippen LogP contribution in [-0.4, -0.2) is 32.3 Å². The van der Waals surface area contributed by atoms with Crippen molar-refractivity contribution in [3.05, 3.63) is 29.8 Å². The molecule has 1 aromatic carbocycles. The van der Waals surface area contributed by atoms with Gasteiger partial charge in [-0.05, 0) is 24.1 Å². The summed E-state index contributed by atoms with van der Waals surface area (Å²) in [5.74, 6) is 0.906. The maximum absolute atomic E-state index is 5.77. The molecule has 96 valence electrons. The molecular weight excluding hydrogens is 214 g/mol. The van der Waals surface area contributed by atoms with Crippen LogP contribution in [0.1, 0.15) is 24.9 Å². The molecule has 0 radical (unpaired) electrons. The van der Waals surface area contributed by atoms with Crippen molar-refractivity contribution in [3.8, 4) is 5.75 Å². The van der Waals surface area contributed by atoms with Crippen LogP contribution in [0.25, 0.3) is 0 Å². The van der Waals surface area contributed by atoms with E-state index in [0.717, 1.165) is 24.3 Å². The molecule has 0 fully saturated rings. The molecule has 4 heteroatoms. The number of benzene rings is 1. The van der Waals surface area contributed by atoms with Crippen molar-refractivity contribution in [2.24, 2.45) is 5.73 Å². The van der Waals surface area contributed by atoms with E-state index in [2.05, 4.69) is 18.4 Å². The molecule has 1 aromatic rings. The van der Waals surface area contributed by atoms with Gasteiger partial charge in [0.1, 0.15) is 5.75 Å². The molecule has 0 bridgehead atoms. The molecule has 3 N–H and O–H groups in total. The Morgan fingerprint density at radius 2 is 2.18 bits per heavy atom. The lowest BCUT2D eigenvalue weighted by Crippen LogP contribution is -2.37. The zero-order valence-electron chi connectivity index (χ0n) is 10.9. The first-order chi connectivity index (χ1) is 8.17. The summed E-state index contributed by atoms with van der Waals surface area (Å²) < 4.78 is 5.61. The Morgan fingerprint density at radius 3 is 2.76 bits per heavy atom. The fourth-order valence-corrected chi connectivity index (χ4v) is 1.62. The Hall–Kier alpha value is -1.10. The van der Waals surface area contributed by atoms with E-state index < -0.39 is 0 Å². The maximum atomic E-state index is 5.77. The van der Waals surface area contributed by atoms with Gasteiger partial charge in [-0.3, -0.25) is 0 Å². The highest BCUT2D eigenvalue weighted by molar-refractivity contribution is 5.30. The average molecular weight is 237 g/mol. The second-order valence-corrected chi connectivity index (χ2v) is 4.23. The molecule has 0 saturated carbocycles. The van der Waals surface area contributed by atoms with Gasteiger partial charge in [-0.15, -0.1) is 0 Å². The minimum absolute atomic E-state index is 0.121. The second kappa shape index (κ2) is 7.27. The standard InChI is InChI=1S/C13H23N3O/c1-4-8-17-12-7-5-6-11(9-12)13(10-14)15-16(2)3/h5-7,9,13,15H,4,8,10,14H2,1-3H3. The van der Waals surface area contributed by atoms with Gasteiger partial charge in [-0.25, -0.2) is 10.4 Å². The number of nitrogens with zero attached hydrogens (tertiary/aromatic N) is 1. The van der Waals surface area contributed by atoms with Gasteiger partial charge in [-0.2, -0.15) is 0 Å². The summed E-state index contributed by atoms with van der Waals surface area (Å²) >= 11 is 0. The van der Waals surface area contributed by atoms with Crippen molar-refractivity contribution < 1.29 is 4.74 Å². The van der Waals surface area contributed by atoms with Crippen LogP contribution in [0.4, 0.5) is 0 Å². The summed E-state index contributed by atoms with van der Waals surface area (Å²) in [6, 6.07) is 8.20. The van der Waals surface area contributed by atoms with Gasteiger partial charge in [0.05, 0.1) is 12.6 Å². The van der Waals surface area contributed by atoms with Gasteiger partial charge in [0, 0.05) is 20.6 Å². The predicted octanol–water partition coefficient (Wildman–Crippen LogP) is 1.54. The molecule has 0 saturated heterocycles. The Kier molecular flexibility index (Phi) is 5.97. The maximum Gasteiger partial charge on any atom is 0.119 e. The molecule has 1 rings (SSSR count). The second-order valence-electron chi connectivity index (χ2n) is 4.23. The zero-order valence-corrected chi connectivity index (χ0v) is 10.9. The number of hydrogen-bond acceptors (Lipinski definition) is 4. The molecule has 17 heavy (non-hydrogen) atoms. The highest BCUT2D eigenvalue weighted by Gasteiger charge is 2.10. The van der Waals surface area contributed by atoms with E-state index in [1.165, 1.54) is 0 Å². The minimum Gasteiger partial charge on any atom is -0.494 e. The molecule has 4 nitrogen and oxygen atoms in total. The van der Waals surface area contributed by atoms with E-state index in [4.69, 9.17) is 10.5 Å². The van der Waals surface area contributed by atoms with Crippen molar-refractivity contribution >= 4 is 0 Å². The molecule has 0 aliphatic rings. The largest absolute Gasteiger partial charge is 0.494 e. The van der Waals surface area contributed by atoms with E-state index >= 15 is 0 Å².